The molecule has 2 N–H and O–H groups in total. The Kier molecular flexibility index (Phi) is 5.12. The van der Waals surface area contributed by atoms with Crippen LogP contribution in [-0.2, 0) is 4.79 Å². The third kappa shape index (κ3) is 3.59. The van der Waals surface area contributed by atoms with Gasteiger partial charge in [0.25, 0.3) is 0 Å². The molecule has 1 aromatic carbocycles. The van der Waals surface area contributed by atoms with Crippen molar-refractivity contribution in [3.8, 4) is 0 Å². The van der Waals surface area contributed by atoms with Gasteiger partial charge in [0, 0.05) is 31.6 Å². The predicted octanol–water partition coefficient (Wildman–Crippen LogP) is 4.60. The molecule has 3 fully saturated rings. The lowest BCUT2D eigenvalue weighted by molar-refractivity contribution is -0.123. The number of rotatable bonds is 4. The first-order chi connectivity index (χ1) is 14.2. The Hall–Kier alpha value is -1.85. The summed E-state index contributed by atoms with van der Waals surface area (Å²) < 4.78 is 0. The van der Waals surface area contributed by atoms with Crippen LogP contribution in [0.3, 0.4) is 0 Å². The Bertz CT molecular complexity index is 914. The monoisotopic (exact) mass is 412 g/mol. The first-order valence-electron chi connectivity index (χ1n) is 11.0. The van der Waals surface area contributed by atoms with Gasteiger partial charge in [0.05, 0.1) is 21.6 Å². The normalized spacial score (nSPS) is 21.9. The summed E-state index contributed by atoms with van der Waals surface area (Å²) in [5.74, 6) is 1.67. The zero-order valence-corrected chi connectivity index (χ0v) is 17.6. The maximum Gasteiger partial charge on any atom is 0.230 e. The number of carbonyl (C=O) groups is 1. The Labute approximate surface area is 177 Å². The molecule has 0 spiro atoms. The minimum Gasteiger partial charge on any atom is -0.354 e. The van der Waals surface area contributed by atoms with Crippen molar-refractivity contribution in [1.82, 2.24) is 10.3 Å². The van der Waals surface area contributed by atoms with E-state index in [0.717, 1.165) is 61.4 Å². The highest BCUT2D eigenvalue weighted by atomic mass is 35.5. The van der Waals surface area contributed by atoms with E-state index >= 15 is 0 Å². The molecule has 2 saturated carbocycles. The highest BCUT2D eigenvalue weighted by Gasteiger charge is 2.55. The van der Waals surface area contributed by atoms with Crippen molar-refractivity contribution < 1.29 is 4.79 Å². The zero-order valence-electron chi connectivity index (χ0n) is 16.8. The Morgan fingerprint density at radius 2 is 1.86 bits per heavy atom. The van der Waals surface area contributed by atoms with Crippen molar-refractivity contribution in [3.05, 3.63) is 29.3 Å². The second kappa shape index (κ2) is 7.77. The van der Waals surface area contributed by atoms with E-state index in [9.17, 15) is 4.79 Å². The number of piperazine rings is 1. The number of fused-ring (bicyclic) bond motifs is 1. The van der Waals surface area contributed by atoms with Crippen LogP contribution in [0.1, 0.15) is 44.9 Å². The fourth-order valence-corrected chi connectivity index (χ4v) is 5.42. The second-order valence-corrected chi connectivity index (χ2v) is 9.25. The van der Waals surface area contributed by atoms with Gasteiger partial charge in [-0.15, -0.1) is 0 Å². The van der Waals surface area contributed by atoms with Gasteiger partial charge in [0.15, 0.2) is 0 Å². The lowest BCUT2D eigenvalue weighted by Gasteiger charge is -2.30. The van der Waals surface area contributed by atoms with Gasteiger partial charge in [0.1, 0.15) is 5.82 Å². The number of carbonyl (C=O) groups excluding carboxylic acids is 1. The molecule has 2 heterocycles. The SMILES string of the molecule is O=C(Nc1c(Cl)ccc2nc(N3CCNCC3)ccc12)C1(C2CCCCC2)CC1. The van der Waals surface area contributed by atoms with Gasteiger partial charge >= 0.3 is 0 Å². The molecular weight excluding hydrogens is 384 g/mol. The molecule has 0 bridgehead atoms. The summed E-state index contributed by atoms with van der Waals surface area (Å²) >= 11 is 6.53. The number of amides is 1. The molecule has 0 atom stereocenters. The molecule has 1 saturated heterocycles. The van der Waals surface area contributed by atoms with E-state index in [1.807, 2.05) is 18.2 Å². The average Bonchev–Trinajstić information content (AvgIpc) is 3.59. The van der Waals surface area contributed by atoms with Crippen molar-refractivity contribution >= 4 is 39.9 Å². The van der Waals surface area contributed by atoms with Crippen LogP contribution in [0.4, 0.5) is 11.5 Å². The van der Waals surface area contributed by atoms with Crippen molar-refractivity contribution in [2.45, 2.75) is 44.9 Å². The van der Waals surface area contributed by atoms with Crippen LogP contribution >= 0.6 is 11.6 Å². The van der Waals surface area contributed by atoms with Crippen molar-refractivity contribution in [3.63, 3.8) is 0 Å². The number of hydrogen-bond donors (Lipinski definition) is 2. The van der Waals surface area contributed by atoms with Gasteiger partial charge in [-0.3, -0.25) is 4.79 Å². The van der Waals surface area contributed by atoms with Crippen LogP contribution in [-0.4, -0.2) is 37.1 Å². The maximum absolute atomic E-state index is 13.3. The first-order valence-corrected chi connectivity index (χ1v) is 11.4. The molecule has 5 rings (SSSR count). The largest absolute Gasteiger partial charge is 0.354 e. The van der Waals surface area contributed by atoms with Gasteiger partial charge in [-0.25, -0.2) is 4.98 Å². The Morgan fingerprint density at radius 3 is 2.59 bits per heavy atom. The van der Waals surface area contributed by atoms with Crippen molar-refractivity contribution in [2.24, 2.45) is 11.3 Å². The molecule has 0 unspecified atom stereocenters. The van der Waals surface area contributed by atoms with Crippen LogP contribution in [0.2, 0.25) is 5.02 Å². The molecule has 1 aliphatic heterocycles. The second-order valence-electron chi connectivity index (χ2n) is 8.84. The number of nitrogens with zero attached hydrogens (tertiary/aromatic N) is 2. The fourth-order valence-electron chi connectivity index (χ4n) is 5.21. The highest BCUT2D eigenvalue weighted by molar-refractivity contribution is 6.35. The lowest BCUT2D eigenvalue weighted by Crippen LogP contribution is -2.43. The number of benzene rings is 1. The van der Waals surface area contributed by atoms with E-state index in [1.54, 1.807) is 0 Å². The van der Waals surface area contributed by atoms with Gasteiger partial charge in [-0.2, -0.15) is 0 Å². The molecule has 6 heteroatoms. The Balaban J connectivity index is 1.42. The van der Waals surface area contributed by atoms with E-state index in [1.165, 1.54) is 32.1 Å². The summed E-state index contributed by atoms with van der Waals surface area (Å²) in [5, 5.41) is 8.10. The smallest absolute Gasteiger partial charge is 0.230 e. The molecule has 2 aromatic rings. The molecule has 29 heavy (non-hydrogen) atoms. The predicted molar refractivity (Wildman–Crippen MR) is 119 cm³/mol. The molecule has 3 aliphatic rings. The summed E-state index contributed by atoms with van der Waals surface area (Å²) in [4.78, 5) is 20.5. The standard InChI is InChI=1S/C23H29ClN4O/c24-18-7-8-19-17(6-9-20(26-19)28-14-12-25-13-15-28)21(18)27-22(29)23(10-11-23)16-4-2-1-3-5-16/h6-9,16,25H,1-5,10-15H2,(H,27,29). The van der Waals surface area contributed by atoms with Crippen molar-refractivity contribution in [2.75, 3.05) is 36.4 Å². The van der Waals surface area contributed by atoms with Crippen LogP contribution in [0.25, 0.3) is 10.9 Å². The number of pyridine rings is 1. The van der Waals surface area contributed by atoms with Gasteiger partial charge in [0.2, 0.25) is 5.91 Å². The summed E-state index contributed by atoms with van der Waals surface area (Å²) in [6, 6.07) is 7.91. The lowest BCUT2D eigenvalue weighted by atomic mass is 9.77. The van der Waals surface area contributed by atoms with Crippen LogP contribution in [0, 0.1) is 11.3 Å². The summed E-state index contributed by atoms with van der Waals surface area (Å²) in [6.45, 7) is 3.87. The van der Waals surface area contributed by atoms with Gasteiger partial charge in [-0.1, -0.05) is 30.9 Å². The molecular formula is C23H29ClN4O. The third-order valence-corrected chi connectivity index (χ3v) is 7.43. The quantitative estimate of drug-likeness (QED) is 0.770. The van der Waals surface area contributed by atoms with E-state index in [-0.39, 0.29) is 11.3 Å². The number of nitrogens with one attached hydrogen (secondary N) is 2. The maximum atomic E-state index is 13.3. The van der Waals surface area contributed by atoms with Crippen LogP contribution in [0.15, 0.2) is 24.3 Å². The molecule has 1 aromatic heterocycles. The van der Waals surface area contributed by atoms with Crippen LogP contribution < -0.4 is 15.5 Å². The fraction of sp³-hybridized carbons (Fsp3) is 0.565. The number of anilines is 2. The number of hydrogen-bond acceptors (Lipinski definition) is 4. The van der Waals surface area contributed by atoms with Gasteiger partial charge < -0.3 is 15.5 Å². The minimum atomic E-state index is -0.167. The van der Waals surface area contributed by atoms with E-state index in [4.69, 9.17) is 16.6 Å². The van der Waals surface area contributed by atoms with E-state index < -0.39 is 0 Å². The summed E-state index contributed by atoms with van der Waals surface area (Å²) in [7, 11) is 0. The summed E-state index contributed by atoms with van der Waals surface area (Å²) in [5.41, 5.74) is 1.43. The van der Waals surface area contributed by atoms with Crippen molar-refractivity contribution in [1.29, 1.82) is 0 Å². The number of aromatic nitrogens is 1. The van der Waals surface area contributed by atoms with Gasteiger partial charge in [-0.05, 0) is 55.9 Å². The molecule has 2 aliphatic carbocycles. The Morgan fingerprint density at radius 1 is 1.10 bits per heavy atom. The van der Waals surface area contributed by atoms with Crippen LogP contribution in [0.5, 0.6) is 0 Å². The highest BCUT2D eigenvalue weighted by Crippen LogP contribution is 2.57. The first kappa shape index (κ1) is 19.1. The zero-order chi connectivity index (χ0) is 19.8. The topological polar surface area (TPSA) is 57.3 Å². The van der Waals surface area contributed by atoms with E-state index in [0.29, 0.717) is 10.9 Å². The third-order valence-electron chi connectivity index (χ3n) is 7.11. The molecule has 1 amide bonds. The molecule has 5 nitrogen and oxygen atoms in total. The van der Waals surface area contributed by atoms with E-state index in [2.05, 4.69) is 21.6 Å². The molecule has 0 radical (unpaired) electrons. The average molecular weight is 413 g/mol. The molecule has 154 valence electrons. The minimum absolute atomic E-state index is 0.157. The summed E-state index contributed by atoms with van der Waals surface area (Å²) in [6.07, 6.45) is 8.22. The number of halogens is 1.